The first-order chi connectivity index (χ1) is 9.33. The fraction of sp³-hybridized carbons (Fsp3) is 0.812. The second-order valence-electron chi connectivity index (χ2n) is 6.64. The van der Waals surface area contributed by atoms with Gasteiger partial charge in [-0.3, -0.25) is 0 Å². The van der Waals surface area contributed by atoms with Gasteiger partial charge in [-0.15, -0.1) is 0 Å². The molecule has 1 N–H and O–H groups in total. The first-order valence-electron chi connectivity index (χ1n) is 8.03. The van der Waals surface area contributed by atoms with Crippen molar-refractivity contribution in [1.82, 2.24) is 14.9 Å². The van der Waals surface area contributed by atoms with E-state index < -0.39 is 0 Å². The normalized spacial score (nSPS) is 32.4. The molecule has 1 aliphatic heterocycles. The predicted octanol–water partition coefficient (Wildman–Crippen LogP) is 3.18. The van der Waals surface area contributed by atoms with E-state index in [2.05, 4.69) is 34.3 Å². The Bertz CT molecular complexity index is 384. The third-order valence-corrected chi connectivity index (χ3v) is 5.05. The third kappa shape index (κ3) is 3.19. The highest BCUT2D eigenvalue weighted by Crippen LogP contribution is 2.31. The van der Waals surface area contributed by atoms with Crippen molar-refractivity contribution in [3.05, 3.63) is 18.2 Å². The molecule has 1 saturated heterocycles. The van der Waals surface area contributed by atoms with Crippen LogP contribution in [0, 0.1) is 11.8 Å². The highest BCUT2D eigenvalue weighted by Gasteiger charge is 2.22. The minimum Gasteiger partial charge on any atom is -0.334 e. The van der Waals surface area contributed by atoms with Gasteiger partial charge in [0.05, 0.1) is 6.33 Å². The van der Waals surface area contributed by atoms with Crippen molar-refractivity contribution < 1.29 is 0 Å². The maximum Gasteiger partial charge on any atom is 0.0948 e. The SMILES string of the molecule is CC1CCC(Cn2cncc2C2CCCNC2)CC1. The summed E-state index contributed by atoms with van der Waals surface area (Å²) < 4.78 is 2.44. The second-order valence-corrected chi connectivity index (χ2v) is 6.64. The van der Waals surface area contributed by atoms with Crippen LogP contribution in [0.1, 0.15) is 57.1 Å². The van der Waals surface area contributed by atoms with Crippen LogP contribution in [0.2, 0.25) is 0 Å². The van der Waals surface area contributed by atoms with Gasteiger partial charge in [-0.1, -0.05) is 19.8 Å². The summed E-state index contributed by atoms with van der Waals surface area (Å²) in [6, 6.07) is 0. The van der Waals surface area contributed by atoms with E-state index in [4.69, 9.17) is 0 Å². The molecule has 0 aromatic carbocycles. The molecule has 1 atom stereocenters. The van der Waals surface area contributed by atoms with Gasteiger partial charge >= 0.3 is 0 Å². The molecule has 3 rings (SSSR count). The lowest BCUT2D eigenvalue weighted by molar-refractivity contribution is 0.261. The topological polar surface area (TPSA) is 29.9 Å². The second kappa shape index (κ2) is 6.08. The Balaban J connectivity index is 1.63. The van der Waals surface area contributed by atoms with Crippen molar-refractivity contribution in [2.24, 2.45) is 11.8 Å². The zero-order chi connectivity index (χ0) is 13.1. The minimum atomic E-state index is 0.679. The highest BCUT2D eigenvalue weighted by molar-refractivity contribution is 5.08. The maximum absolute atomic E-state index is 4.41. The van der Waals surface area contributed by atoms with Gasteiger partial charge in [0.1, 0.15) is 0 Å². The van der Waals surface area contributed by atoms with E-state index >= 15 is 0 Å². The predicted molar refractivity (Wildman–Crippen MR) is 78.2 cm³/mol. The van der Waals surface area contributed by atoms with Crippen LogP contribution in [0.15, 0.2) is 12.5 Å². The zero-order valence-electron chi connectivity index (χ0n) is 12.1. The summed E-state index contributed by atoms with van der Waals surface area (Å²) >= 11 is 0. The number of aromatic nitrogens is 2. The monoisotopic (exact) mass is 261 g/mol. The Labute approximate surface area is 116 Å². The van der Waals surface area contributed by atoms with Gasteiger partial charge in [0.15, 0.2) is 0 Å². The van der Waals surface area contributed by atoms with Gasteiger partial charge in [-0.25, -0.2) is 4.98 Å². The number of piperidine rings is 1. The number of hydrogen-bond donors (Lipinski definition) is 1. The molecule has 0 bridgehead atoms. The summed E-state index contributed by atoms with van der Waals surface area (Å²) in [6.45, 7) is 5.91. The first-order valence-corrected chi connectivity index (χ1v) is 8.03. The average Bonchev–Trinajstić information content (AvgIpc) is 2.90. The molecule has 2 heterocycles. The highest BCUT2D eigenvalue weighted by atomic mass is 15.1. The van der Waals surface area contributed by atoms with Crippen molar-refractivity contribution in [1.29, 1.82) is 0 Å². The van der Waals surface area contributed by atoms with Crippen LogP contribution >= 0.6 is 0 Å². The fourth-order valence-corrected chi connectivity index (χ4v) is 3.72. The molecular formula is C16H27N3. The van der Waals surface area contributed by atoms with E-state index in [-0.39, 0.29) is 0 Å². The largest absolute Gasteiger partial charge is 0.334 e. The molecule has 19 heavy (non-hydrogen) atoms. The van der Waals surface area contributed by atoms with E-state index in [0.29, 0.717) is 5.92 Å². The van der Waals surface area contributed by atoms with E-state index in [1.165, 1.54) is 57.3 Å². The van der Waals surface area contributed by atoms with Gasteiger partial charge in [-0.05, 0) is 44.1 Å². The summed E-state index contributed by atoms with van der Waals surface area (Å²) in [4.78, 5) is 4.41. The van der Waals surface area contributed by atoms with Crippen LogP contribution in [-0.2, 0) is 6.54 Å². The molecule has 1 saturated carbocycles. The van der Waals surface area contributed by atoms with Crippen LogP contribution < -0.4 is 5.32 Å². The molecular weight excluding hydrogens is 234 g/mol. The van der Waals surface area contributed by atoms with Gasteiger partial charge in [0.2, 0.25) is 0 Å². The molecule has 106 valence electrons. The average molecular weight is 261 g/mol. The van der Waals surface area contributed by atoms with Crippen molar-refractivity contribution in [2.45, 2.75) is 57.9 Å². The lowest BCUT2D eigenvalue weighted by Gasteiger charge is -2.29. The molecule has 0 radical (unpaired) electrons. The molecule has 1 unspecified atom stereocenters. The molecule has 1 aromatic rings. The number of imidazole rings is 1. The van der Waals surface area contributed by atoms with Gasteiger partial charge in [-0.2, -0.15) is 0 Å². The van der Waals surface area contributed by atoms with Crippen molar-refractivity contribution in [2.75, 3.05) is 13.1 Å². The molecule has 1 aliphatic carbocycles. The van der Waals surface area contributed by atoms with Gasteiger partial charge in [0, 0.05) is 30.9 Å². The molecule has 2 aliphatic rings. The maximum atomic E-state index is 4.41. The molecule has 1 aromatic heterocycles. The van der Waals surface area contributed by atoms with E-state index in [1.807, 2.05) is 0 Å². The van der Waals surface area contributed by atoms with Crippen LogP contribution in [0.3, 0.4) is 0 Å². The number of nitrogens with one attached hydrogen (secondary N) is 1. The minimum absolute atomic E-state index is 0.679. The first kappa shape index (κ1) is 13.2. The van der Waals surface area contributed by atoms with Crippen molar-refractivity contribution >= 4 is 0 Å². The summed E-state index contributed by atoms with van der Waals surface area (Å²) in [6.07, 6.45) is 12.4. The Morgan fingerprint density at radius 3 is 2.84 bits per heavy atom. The lowest BCUT2D eigenvalue weighted by atomic mass is 9.83. The zero-order valence-corrected chi connectivity index (χ0v) is 12.1. The summed E-state index contributed by atoms with van der Waals surface area (Å²) in [5.74, 6) is 2.50. The fourth-order valence-electron chi connectivity index (χ4n) is 3.72. The Kier molecular flexibility index (Phi) is 4.21. The van der Waals surface area contributed by atoms with E-state index in [0.717, 1.165) is 18.4 Å². The molecule has 0 amide bonds. The summed E-state index contributed by atoms with van der Waals surface area (Å²) in [7, 11) is 0. The number of hydrogen-bond acceptors (Lipinski definition) is 2. The van der Waals surface area contributed by atoms with Gasteiger partial charge in [0.25, 0.3) is 0 Å². The van der Waals surface area contributed by atoms with Crippen LogP contribution in [0.5, 0.6) is 0 Å². The summed E-state index contributed by atoms with van der Waals surface area (Å²) in [5.41, 5.74) is 1.46. The van der Waals surface area contributed by atoms with Crippen LogP contribution in [0.25, 0.3) is 0 Å². The quantitative estimate of drug-likeness (QED) is 0.905. The standard InChI is InChI=1S/C16H27N3/c1-13-4-6-14(7-5-13)11-19-12-18-10-16(19)15-3-2-8-17-9-15/h10,12-15,17H,2-9,11H2,1H3. The summed E-state index contributed by atoms with van der Waals surface area (Å²) in [5, 5.41) is 3.52. The van der Waals surface area contributed by atoms with Crippen LogP contribution in [0.4, 0.5) is 0 Å². The van der Waals surface area contributed by atoms with Gasteiger partial charge < -0.3 is 9.88 Å². The van der Waals surface area contributed by atoms with E-state index in [1.54, 1.807) is 0 Å². The lowest BCUT2D eigenvalue weighted by Crippen LogP contribution is -2.30. The Morgan fingerprint density at radius 1 is 1.26 bits per heavy atom. The van der Waals surface area contributed by atoms with Crippen molar-refractivity contribution in [3.8, 4) is 0 Å². The molecule has 2 fully saturated rings. The smallest absolute Gasteiger partial charge is 0.0948 e. The molecule has 3 nitrogen and oxygen atoms in total. The molecule has 0 spiro atoms. The van der Waals surface area contributed by atoms with E-state index in [9.17, 15) is 0 Å². The Hall–Kier alpha value is -0.830. The molecule has 3 heteroatoms. The van der Waals surface area contributed by atoms with Crippen LogP contribution in [-0.4, -0.2) is 22.6 Å². The Morgan fingerprint density at radius 2 is 2.11 bits per heavy atom. The number of nitrogens with zero attached hydrogens (tertiary/aromatic N) is 2. The number of rotatable bonds is 3. The third-order valence-electron chi connectivity index (χ3n) is 5.05. The van der Waals surface area contributed by atoms with Crippen molar-refractivity contribution in [3.63, 3.8) is 0 Å².